The average molecular weight is 388 g/mol. The topological polar surface area (TPSA) is 63.4 Å². The van der Waals surface area contributed by atoms with Crippen molar-refractivity contribution in [1.82, 2.24) is 4.31 Å². The number of nitrogens with zero attached hydrogens (tertiary/aromatic N) is 1. The van der Waals surface area contributed by atoms with Crippen LogP contribution in [0.3, 0.4) is 0 Å². The van der Waals surface area contributed by atoms with Crippen LogP contribution >= 0.6 is 38.9 Å². The van der Waals surface area contributed by atoms with E-state index in [1.54, 1.807) is 0 Å². The molecule has 1 aliphatic heterocycles. The Morgan fingerprint density at radius 1 is 1.53 bits per heavy atom. The van der Waals surface area contributed by atoms with Gasteiger partial charge in [-0.1, -0.05) is 11.6 Å². The van der Waals surface area contributed by atoms with Gasteiger partial charge in [-0.15, -0.1) is 11.3 Å². The normalized spacial score (nSPS) is 20.6. The van der Waals surface area contributed by atoms with Gasteiger partial charge >= 0.3 is 0 Å². The SMILES string of the molecule is CC(N)C1CCN(S(=O)(=O)c2cc(Cl)c(Br)s2)CC1. The molecule has 1 atom stereocenters. The molecule has 2 N–H and O–H groups in total. The fourth-order valence-corrected chi connectivity index (χ4v) is 6.25. The van der Waals surface area contributed by atoms with Crippen molar-refractivity contribution >= 4 is 48.9 Å². The molecule has 0 aromatic carbocycles. The quantitative estimate of drug-likeness (QED) is 0.867. The summed E-state index contributed by atoms with van der Waals surface area (Å²) in [4.78, 5) is 0. The molecular formula is C11H16BrClN2O2S2. The number of piperidine rings is 1. The molecule has 0 spiro atoms. The number of nitrogens with two attached hydrogens (primary N) is 1. The highest BCUT2D eigenvalue weighted by atomic mass is 79.9. The maximum absolute atomic E-state index is 12.5. The Labute approximate surface area is 131 Å². The van der Waals surface area contributed by atoms with E-state index < -0.39 is 10.0 Å². The smallest absolute Gasteiger partial charge is 0.252 e. The van der Waals surface area contributed by atoms with E-state index >= 15 is 0 Å². The highest BCUT2D eigenvalue weighted by Gasteiger charge is 2.31. The van der Waals surface area contributed by atoms with Crippen molar-refractivity contribution in [2.75, 3.05) is 13.1 Å². The molecule has 2 heterocycles. The molecule has 108 valence electrons. The molecule has 1 aromatic heterocycles. The Kier molecular flexibility index (Phi) is 4.96. The zero-order valence-corrected chi connectivity index (χ0v) is 14.4. The predicted molar refractivity (Wildman–Crippen MR) is 82.2 cm³/mol. The van der Waals surface area contributed by atoms with Crippen LogP contribution in [0.1, 0.15) is 19.8 Å². The molecule has 1 aliphatic rings. The molecule has 4 nitrogen and oxygen atoms in total. The van der Waals surface area contributed by atoms with Crippen molar-refractivity contribution in [2.24, 2.45) is 11.7 Å². The molecule has 1 fully saturated rings. The first-order valence-corrected chi connectivity index (χ1v) is 9.45. The molecule has 8 heteroatoms. The summed E-state index contributed by atoms with van der Waals surface area (Å²) in [7, 11) is -3.42. The van der Waals surface area contributed by atoms with Crippen LogP contribution in [0.2, 0.25) is 5.02 Å². The van der Waals surface area contributed by atoms with Gasteiger partial charge in [0, 0.05) is 19.1 Å². The Bertz CT molecular complexity index is 532. The van der Waals surface area contributed by atoms with Gasteiger partial charge in [0.15, 0.2) is 0 Å². The van der Waals surface area contributed by atoms with Gasteiger partial charge in [-0.25, -0.2) is 8.42 Å². The molecule has 0 saturated carbocycles. The summed E-state index contributed by atoms with van der Waals surface area (Å²) >= 11 is 10.3. The van der Waals surface area contributed by atoms with Crippen LogP contribution in [0.15, 0.2) is 14.1 Å². The van der Waals surface area contributed by atoms with Crippen molar-refractivity contribution in [3.8, 4) is 0 Å². The lowest BCUT2D eigenvalue weighted by Crippen LogP contribution is -2.42. The van der Waals surface area contributed by atoms with Gasteiger partial charge in [-0.05, 0) is 47.7 Å². The molecule has 0 radical (unpaired) electrons. The molecule has 1 saturated heterocycles. The van der Waals surface area contributed by atoms with E-state index in [9.17, 15) is 8.42 Å². The largest absolute Gasteiger partial charge is 0.328 e. The molecule has 2 rings (SSSR count). The summed E-state index contributed by atoms with van der Waals surface area (Å²) in [6.07, 6.45) is 1.63. The fraction of sp³-hybridized carbons (Fsp3) is 0.636. The van der Waals surface area contributed by atoms with Gasteiger partial charge < -0.3 is 5.73 Å². The minimum Gasteiger partial charge on any atom is -0.328 e. The molecule has 0 bridgehead atoms. The highest BCUT2D eigenvalue weighted by Crippen LogP contribution is 2.36. The fourth-order valence-electron chi connectivity index (χ4n) is 2.22. The third kappa shape index (κ3) is 3.33. The first-order valence-electron chi connectivity index (χ1n) is 6.03. The Balaban J connectivity index is 2.14. The Morgan fingerprint density at radius 3 is 2.53 bits per heavy atom. The summed E-state index contributed by atoms with van der Waals surface area (Å²) in [5, 5.41) is 0.439. The maximum Gasteiger partial charge on any atom is 0.252 e. The van der Waals surface area contributed by atoms with Crippen molar-refractivity contribution in [2.45, 2.75) is 30.0 Å². The van der Waals surface area contributed by atoms with Crippen LogP contribution in [0, 0.1) is 5.92 Å². The summed E-state index contributed by atoms with van der Waals surface area (Å²) < 4.78 is 27.4. The van der Waals surface area contributed by atoms with Crippen LogP contribution in [0.25, 0.3) is 0 Å². The second kappa shape index (κ2) is 5.99. The standard InChI is InChI=1S/C11H16BrClN2O2S2/c1-7(14)8-2-4-15(5-3-8)19(16,17)10-6-9(13)11(12)18-10/h6-8H,2-5,14H2,1H3. The summed E-state index contributed by atoms with van der Waals surface area (Å²) in [6, 6.07) is 1.62. The lowest BCUT2D eigenvalue weighted by molar-refractivity contribution is 0.251. The molecule has 19 heavy (non-hydrogen) atoms. The van der Waals surface area contributed by atoms with Gasteiger partial charge in [-0.3, -0.25) is 0 Å². The lowest BCUT2D eigenvalue weighted by atomic mass is 9.92. The van der Waals surface area contributed by atoms with Crippen LogP contribution < -0.4 is 5.73 Å². The average Bonchev–Trinajstić information content (AvgIpc) is 2.70. The first kappa shape index (κ1) is 15.7. The monoisotopic (exact) mass is 386 g/mol. The van der Waals surface area contributed by atoms with E-state index in [0.717, 1.165) is 24.2 Å². The summed E-state index contributed by atoms with van der Waals surface area (Å²) in [6.45, 7) is 3.04. The van der Waals surface area contributed by atoms with E-state index in [-0.39, 0.29) is 6.04 Å². The highest BCUT2D eigenvalue weighted by molar-refractivity contribution is 9.11. The van der Waals surface area contributed by atoms with Crippen molar-refractivity contribution < 1.29 is 8.42 Å². The second-order valence-electron chi connectivity index (χ2n) is 4.79. The van der Waals surface area contributed by atoms with Gasteiger partial charge in [0.1, 0.15) is 4.21 Å². The van der Waals surface area contributed by atoms with E-state index in [1.165, 1.54) is 10.4 Å². The number of sulfonamides is 1. The van der Waals surface area contributed by atoms with Crippen LogP contribution in [-0.2, 0) is 10.0 Å². The van der Waals surface area contributed by atoms with E-state index in [0.29, 0.717) is 32.0 Å². The minimum atomic E-state index is -3.42. The first-order chi connectivity index (χ1) is 8.82. The molecular weight excluding hydrogens is 372 g/mol. The Hall–Kier alpha value is 0.340. The number of hydrogen-bond acceptors (Lipinski definition) is 4. The number of thiophene rings is 1. The van der Waals surface area contributed by atoms with Crippen LogP contribution in [0.5, 0.6) is 0 Å². The zero-order chi connectivity index (χ0) is 14.2. The van der Waals surface area contributed by atoms with E-state index in [4.69, 9.17) is 17.3 Å². The third-order valence-electron chi connectivity index (χ3n) is 3.46. The molecule has 1 unspecified atom stereocenters. The van der Waals surface area contributed by atoms with Crippen LogP contribution in [-0.4, -0.2) is 31.9 Å². The molecule has 0 amide bonds. The second-order valence-corrected chi connectivity index (χ2v) is 9.73. The van der Waals surface area contributed by atoms with E-state index in [1.807, 2.05) is 6.92 Å². The van der Waals surface area contributed by atoms with Crippen molar-refractivity contribution in [3.05, 3.63) is 14.9 Å². The van der Waals surface area contributed by atoms with Crippen molar-refractivity contribution in [3.63, 3.8) is 0 Å². The van der Waals surface area contributed by atoms with Crippen molar-refractivity contribution in [1.29, 1.82) is 0 Å². The number of rotatable bonds is 3. The Morgan fingerprint density at radius 2 is 2.11 bits per heavy atom. The van der Waals surface area contributed by atoms with Gasteiger partial charge in [-0.2, -0.15) is 4.31 Å². The lowest BCUT2D eigenvalue weighted by Gasteiger charge is -2.32. The van der Waals surface area contributed by atoms with Gasteiger partial charge in [0.25, 0.3) is 10.0 Å². The summed E-state index contributed by atoms with van der Waals surface area (Å²) in [5.74, 6) is 0.408. The van der Waals surface area contributed by atoms with E-state index in [2.05, 4.69) is 15.9 Å². The zero-order valence-electron chi connectivity index (χ0n) is 10.5. The number of hydrogen-bond donors (Lipinski definition) is 1. The molecule has 1 aromatic rings. The summed E-state index contributed by atoms with van der Waals surface area (Å²) in [5.41, 5.74) is 5.87. The minimum absolute atomic E-state index is 0.121. The third-order valence-corrected chi connectivity index (χ3v) is 8.28. The van der Waals surface area contributed by atoms with Gasteiger partial charge in [0.05, 0.1) is 8.81 Å². The predicted octanol–water partition coefficient (Wildman–Crippen LogP) is 2.91. The van der Waals surface area contributed by atoms with Gasteiger partial charge in [0.2, 0.25) is 0 Å². The number of halogens is 2. The maximum atomic E-state index is 12.5. The molecule has 0 aliphatic carbocycles. The van der Waals surface area contributed by atoms with Crippen LogP contribution in [0.4, 0.5) is 0 Å².